The molecule has 0 saturated carbocycles. The summed E-state index contributed by atoms with van der Waals surface area (Å²) in [6.07, 6.45) is 1.20. The maximum Gasteiger partial charge on any atom is 0.0125 e. The van der Waals surface area contributed by atoms with Gasteiger partial charge in [-0.1, -0.05) is 0 Å². The van der Waals surface area contributed by atoms with E-state index in [4.69, 9.17) is 5.73 Å². The number of rotatable bonds is 2. The molecular formula is C9H20N2. The van der Waals surface area contributed by atoms with E-state index in [2.05, 4.69) is 25.7 Å². The zero-order chi connectivity index (χ0) is 8.48. The molecule has 1 saturated heterocycles. The molecule has 1 fully saturated rings. The molecule has 0 bridgehead atoms. The Hall–Kier alpha value is -0.0800. The van der Waals surface area contributed by atoms with Crippen LogP contribution in [0.2, 0.25) is 0 Å². The fraction of sp³-hybridized carbons (Fsp3) is 1.00. The van der Waals surface area contributed by atoms with Crippen LogP contribution in [0.15, 0.2) is 0 Å². The summed E-state index contributed by atoms with van der Waals surface area (Å²) < 4.78 is 0. The molecule has 0 aromatic rings. The molecule has 11 heavy (non-hydrogen) atoms. The SMILES string of the molecule is CC(C)(C)N1CC(CCN)C1. The van der Waals surface area contributed by atoms with Gasteiger partial charge in [0.2, 0.25) is 0 Å². The van der Waals surface area contributed by atoms with Crippen molar-refractivity contribution in [2.75, 3.05) is 19.6 Å². The Kier molecular flexibility index (Phi) is 2.55. The molecule has 0 aromatic heterocycles. The van der Waals surface area contributed by atoms with Crippen molar-refractivity contribution in [1.82, 2.24) is 4.90 Å². The van der Waals surface area contributed by atoms with E-state index < -0.39 is 0 Å². The third-order valence-corrected chi connectivity index (χ3v) is 2.48. The second-order valence-corrected chi connectivity index (χ2v) is 4.52. The first-order valence-corrected chi connectivity index (χ1v) is 4.49. The average molecular weight is 156 g/mol. The van der Waals surface area contributed by atoms with Crippen molar-refractivity contribution in [3.63, 3.8) is 0 Å². The smallest absolute Gasteiger partial charge is 0.0125 e. The van der Waals surface area contributed by atoms with E-state index in [0.29, 0.717) is 5.54 Å². The van der Waals surface area contributed by atoms with Gasteiger partial charge in [0.1, 0.15) is 0 Å². The van der Waals surface area contributed by atoms with Gasteiger partial charge in [-0.2, -0.15) is 0 Å². The molecule has 0 aromatic carbocycles. The van der Waals surface area contributed by atoms with Crippen molar-refractivity contribution >= 4 is 0 Å². The summed E-state index contributed by atoms with van der Waals surface area (Å²) in [7, 11) is 0. The normalized spacial score (nSPS) is 21.8. The molecule has 2 N–H and O–H groups in total. The fourth-order valence-corrected chi connectivity index (χ4v) is 1.54. The zero-order valence-corrected chi connectivity index (χ0v) is 7.93. The number of hydrogen-bond acceptors (Lipinski definition) is 2. The summed E-state index contributed by atoms with van der Waals surface area (Å²) in [5.41, 5.74) is 5.84. The van der Waals surface area contributed by atoms with Gasteiger partial charge in [-0.15, -0.1) is 0 Å². The number of nitrogens with zero attached hydrogens (tertiary/aromatic N) is 1. The van der Waals surface area contributed by atoms with Crippen LogP contribution in [0.3, 0.4) is 0 Å². The van der Waals surface area contributed by atoms with Gasteiger partial charge < -0.3 is 5.73 Å². The average Bonchev–Trinajstić information content (AvgIpc) is 1.74. The van der Waals surface area contributed by atoms with Crippen molar-refractivity contribution in [1.29, 1.82) is 0 Å². The lowest BCUT2D eigenvalue weighted by Crippen LogP contribution is -2.56. The molecule has 66 valence electrons. The van der Waals surface area contributed by atoms with Gasteiger partial charge in [0.25, 0.3) is 0 Å². The second-order valence-electron chi connectivity index (χ2n) is 4.52. The van der Waals surface area contributed by atoms with Crippen molar-refractivity contribution in [3.8, 4) is 0 Å². The van der Waals surface area contributed by atoms with E-state index in [9.17, 15) is 0 Å². The minimum Gasteiger partial charge on any atom is -0.330 e. The van der Waals surface area contributed by atoms with Crippen molar-refractivity contribution in [2.24, 2.45) is 11.7 Å². The van der Waals surface area contributed by atoms with Crippen LogP contribution in [0, 0.1) is 5.92 Å². The lowest BCUT2D eigenvalue weighted by molar-refractivity contribution is 0.0117. The molecule has 0 unspecified atom stereocenters. The van der Waals surface area contributed by atoms with E-state index in [1.165, 1.54) is 19.5 Å². The van der Waals surface area contributed by atoms with Gasteiger partial charge >= 0.3 is 0 Å². The first-order valence-electron chi connectivity index (χ1n) is 4.49. The van der Waals surface area contributed by atoms with Gasteiger partial charge in [-0.25, -0.2) is 0 Å². The van der Waals surface area contributed by atoms with Crippen LogP contribution >= 0.6 is 0 Å². The first-order chi connectivity index (χ1) is 5.04. The first kappa shape index (κ1) is 9.01. The monoisotopic (exact) mass is 156 g/mol. The molecular weight excluding hydrogens is 136 g/mol. The highest BCUT2D eigenvalue weighted by molar-refractivity contribution is 4.88. The quantitative estimate of drug-likeness (QED) is 0.648. The van der Waals surface area contributed by atoms with Crippen molar-refractivity contribution in [2.45, 2.75) is 32.7 Å². The molecule has 0 radical (unpaired) electrons. The minimum atomic E-state index is 0.366. The number of hydrogen-bond donors (Lipinski definition) is 1. The fourth-order valence-electron chi connectivity index (χ4n) is 1.54. The van der Waals surface area contributed by atoms with Gasteiger partial charge in [-0.3, -0.25) is 4.90 Å². The van der Waals surface area contributed by atoms with Crippen molar-refractivity contribution in [3.05, 3.63) is 0 Å². The van der Waals surface area contributed by atoms with Crippen LogP contribution in [-0.2, 0) is 0 Å². The Bertz CT molecular complexity index is 120. The highest BCUT2D eigenvalue weighted by Crippen LogP contribution is 2.26. The van der Waals surface area contributed by atoms with Crippen LogP contribution in [0.5, 0.6) is 0 Å². The third kappa shape index (κ3) is 2.17. The maximum absolute atomic E-state index is 5.47. The molecule has 0 spiro atoms. The van der Waals surface area contributed by atoms with Gasteiger partial charge in [0.05, 0.1) is 0 Å². The highest BCUT2D eigenvalue weighted by atomic mass is 15.2. The summed E-state index contributed by atoms with van der Waals surface area (Å²) >= 11 is 0. The minimum absolute atomic E-state index is 0.366. The summed E-state index contributed by atoms with van der Waals surface area (Å²) in [6, 6.07) is 0. The Morgan fingerprint density at radius 2 is 1.91 bits per heavy atom. The van der Waals surface area contributed by atoms with E-state index in [1.807, 2.05) is 0 Å². The van der Waals surface area contributed by atoms with Crippen LogP contribution in [-0.4, -0.2) is 30.1 Å². The van der Waals surface area contributed by atoms with Crippen molar-refractivity contribution < 1.29 is 0 Å². The summed E-state index contributed by atoms with van der Waals surface area (Å²) in [5, 5.41) is 0. The zero-order valence-electron chi connectivity index (χ0n) is 7.93. The molecule has 2 nitrogen and oxygen atoms in total. The van der Waals surface area contributed by atoms with Crippen LogP contribution in [0.4, 0.5) is 0 Å². The standard InChI is InChI=1S/C9H20N2/c1-9(2,3)11-6-8(7-11)4-5-10/h8H,4-7,10H2,1-3H3. The molecule has 0 amide bonds. The third-order valence-electron chi connectivity index (χ3n) is 2.48. The van der Waals surface area contributed by atoms with E-state index >= 15 is 0 Å². The largest absolute Gasteiger partial charge is 0.330 e. The summed E-state index contributed by atoms with van der Waals surface area (Å²) in [5.74, 6) is 0.874. The predicted octanol–water partition coefficient (Wildman–Crippen LogP) is 1.07. The molecule has 0 aliphatic carbocycles. The van der Waals surface area contributed by atoms with Gasteiger partial charge in [0, 0.05) is 18.6 Å². The van der Waals surface area contributed by atoms with Crippen LogP contribution < -0.4 is 5.73 Å². The maximum atomic E-state index is 5.47. The van der Waals surface area contributed by atoms with Gasteiger partial charge in [0.15, 0.2) is 0 Å². The highest BCUT2D eigenvalue weighted by Gasteiger charge is 2.33. The second kappa shape index (κ2) is 3.11. The number of nitrogens with two attached hydrogens (primary N) is 1. The molecule has 0 atom stereocenters. The van der Waals surface area contributed by atoms with Gasteiger partial charge in [-0.05, 0) is 39.7 Å². The summed E-state index contributed by atoms with van der Waals surface area (Å²) in [4.78, 5) is 2.51. The topological polar surface area (TPSA) is 29.3 Å². The molecule has 2 heteroatoms. The predicted molar refractivity (Wildman–Crippen MR) is 48.5 cm³/mol. The van der Waals surface area contributed by atoms with Crippen LogP contribution in [0.1, 0.15) is 27.2 Å². The summed E-state index contributed by atoms with van der Waals surface area (Å²) in [6.45, 7) is 10.2. The van der Waals surface area contributed by atoms with Crippen LogP contribution in [0.25, 0.3) is 0 Å². The molecule has 1 rings (SSSR count). The Balaban J connectivity index is 2.19. The lowest BCUT2D eigenvalue weighted by Gasteiger charge is -2.47. The Labute approximate surface area is 69.8 Å². The number of likely N-dealkylation sites (tertiary alicyclic amines) is 1. The Morgan fingerprint density at radius 1 is 1.36 bits per heavy atom. The molecule has 1 heterocycles. The van der Waals surface area contributed by atoms with E-state index in [0.717, 1.165) is 12.5 Å². The lowest BCUT2D eigenvalue weighted by atomic mass is 9.90. The van der Waals surface area contributed by atoms with E-state index in [1.54, 1.807) is 0 Å². The molecule has 1 aliphatic rings. The molecule has 1 aliphatic heterocycles. The Morgan fingerprint density at radius 3 is 2.27 bits per heavy atom. The van der Waals surface area contributed by atoms with E-state index in [-0.39, 0.29) is 0 Å².